The topological polar surface area (TPSA) is 74.7 Å². The first-order valence-electron chi connectivity index (χ1n) is 9.51. The molecule has 0 atom stereocenters. The Kier molecular flexibility index (Phi) is 8.71. The predicted molar refractivity (Wildman–Crippen MR) is 109 cm³/mol. The Morgan fingerprint density at radius 1 is 0.862 bits per heavy atom. The molecule has 6 heteroatoms. The van der Waals surface area contributed by atoms with Gasteiger partial charge < -0.3 is 14.2 Å². The number of nitrogens with zero attached hydrogens (tertiary/aromatic N) is 1. The lowest BCUT2D eigenvalue weighted by Gasteiger charge is -2.05. The normalized spacial score (nSPS) is 9.90. The number of aromatic nitrogens is 1. The molecular formula is C23H25NO5. The van der Waals surface area contributed by atoms with Gasteiger partial charge in [0, 0.05) is 11.1 Å². The number of benzene rings is 1. The second-order valence-corrected chi connectivity index (χ2v) is 6.29. The van der Waals surface area contributed by atoms with Crippen LogP contribution in [0, 0.1) is 11.8 Å². The molecule has 29 heavy (non-hydrogen) atoms. The number of carbonyl (C=O) groups excluding carboxylic acids is 2. The highest BCUT2D eigenvalue weighted by atomic mass is 16.5. The zero-order valence-electron chi connectivity index (χ0n) is 17.0. The Morgan fingerprint density at radius 2 is 1.45 bits per heavy atom. The van der Waals surface area contributed by atoms with Crippen molar-refractivity contribution in [1.82, 2.24) is 4.98 Å². The smallest absolute Gasteiger partial charge is 0.356 e. The lowest BCUT2D eigenvalue weighted by atomic mass is 10.1. The Bertz CT molecular complexity index is 859. The van der Waals surface area contributed by atoms with Crippen LogP contribution in [0.15, 0.2) is 36.4 Å². The van der Waals surface area contributed by atoms with E-state index in [0.29, 0.717) is 12.2 Å². The average Bonchev–Trinajstić information content (AvgIpc) is 2.77. The number of ether oxygens (including phenoxy) is 3. The van der Waals surface area contributed by atoms with Gasteiger partial charge in [0.2, 0.25) is 0 Å². The average molecular weight is 395 g/mol. The van der Waals surface area contributed by atoms with Crippen LogP contribution >= 0.6 is 0 Å². The summed E-state index contributed by atoms with van der Waals surface area (Å²) in [6.07, 6.45) is 4.64. The molecule has 1 aromatic carbocycles. The highest BCUT2D eigenvalue weighted by molar-refractivity contribution is 5.92. The van der Waals surface area contributed by atoms with Gasteiger partial charge in [-0.15, -0.1) is 0 Å². The minimum Gasteiger partial charge on any atom is -0.494 e. The summed E-state index contributed by atoms with van der Waals surface area (Å²) in [4.78, 5) is 27.5. The van der Waals surface area contributed by atoms with E-state index in [1.165, 1.54) is 45.6 Å². The first kappa shape index (κ1) is 22.0. The molecule has 6 nitrogen and oxygen atoms in total. The van der Waals surface area contributed by atoms with Crippen molar-refractivity contribution in [3.05, 3.63) is 58.9 Å². The molecule has 0 bridgehead atoms. The molecule has 0 spiro atoms. The zero-order valence-corrected chi connectivity index (χ0v) is 17.0. The molecule has 0 amide bonds. The number of unbranched alkanes of at least 4 members (excludes halogenated alkanes) is 3. The fourth-order valence-corrected chi connectivity index (χ4v) is 2.52. The molecule has 152 valence electrons. The molecular weight excluding hydrogens is 370 g/mol. The van der Waals surface area contributed by atoms with Crippen LogP contribution in [0.4, 0.5) is 0 Å². The van der Waals surface area contributed by atoms with E-state index in [9.17, 15) is 9.59 Å². The predicted octanol–water partition coefficient (Wildman–Crippen LogP) is 4.01. The van der Waals surface area contributed by atoms with E-state index in [1.807, 2.05) is 24.3 Å². The van der Waals surface area contributed by atoms with Crippen LogP contribution in [0.2, 0.25) is 0 Å². The highest BCUT2D eigenvalue weighted by Crippen LogP contribution is 2.13. The summed E-state index contributed by atoms with van der Waals surface area (Å²) in [5.74, 6) is 5.44. The zero-order chi connectivity index (χ0) is 21.1. The summed E-state index contributed by atoms with van der Waals surface area (Å²) in [6.45, 7) is 2.88. The molecule has 2 rings (SSSR count). The monoisotopic (exact) mass is 395 g/mol. The van der Waals surface area contributed by atoms with E-state index in [0.717, 1.165) is 17.7 Å². The maximum atomic E-state index is 11.8. The summed E-state index contributed by atoms with van der Waals surface area (Å²) >= 11 is 0. The number of hydrogen-bond acceptors (Lipinski definition) is 6. The third kappa shape index (κ3) is 6.96. The van der Waals surface area contributed by atoms with Gasteiger partial charge in [0.15, 0.2) is 11.4 Å². The summed E-state index contributed by atoms with van der Waals surface area (Å²) in [5.41, 5.74) is 1.22. The fourth-order valence-electron chi connectivity index (χ4n) is 2.52. The van der Waals surface area contributed by atoms with Gasteiger partial charge >= 0.3 is 11.9 Å². The van der Waals surface area contributed by atoms with Crippen molar-refractivity contribution in [2.24, 2.45) is 0 Å². The lowest BCUT2D eigenvalue weighted by Crippen LogP contribution is -2.11. The maximum Gasteiger partial charge on any atom is 0.356 e. The van der Waals surface area contributed by atoms with Gasteiger partial charge in [0.25, 0.3) is 0 Å². The van der Waals surface area contributed by atoms with Crippen LogP contribution < -0.4 is 4.74 Å². The Morgan fingerprint density at radius 3 is 2.00 bits per heavy atom. The molecule has 0 N–H and O–H groups in total. The first-order valence-corrected chi connectivity index (χ1v) is 9.51. The van der Waals surface area contributed by atoms with E-state index < -0.39 is 11.9 Å². The van der Waals surface area contributed by atoms with Crippen molar-refractivity contribution in [1.29, 1.82) is 0 Å². The molecule has 1 heterocycles. The van der Waals surface area contributed by atoms with Crippen molar-refractivity contribution in [2.75, 3.05) is 20.8 Å². The van der Waals surface area contributed by atoms with Crippen LogP contribution in [0.1, 0.15) is 64.7 Å². The number of carbonyl (C=O) groups is 2. The van der Waals surface area contributed by atoms with E-state index in [1.54, 1.807) is 0 Å². The summed E-state index contributed by atoms with van der Waals surface area (Å²) < 4.78 is 15.1. The Balaban J connectivity index is 2.11. The third-order valence-electron chi connectivity index (χ3n) is 4.09. The van der Waals surface area contributed by atoms with Gasteiger partial charge in [-0.1, -0.05) is 38.0 Å². The summed E-state index contributed by atoms with van der Waals surface area (Å²) in [7, 11) is 2.49. The quantitative estimate of drug-likeness (QED) is 0.382. The van der Waals surface area contributed by atoms with Crippen LogP contribution in [-0.2, 0) is 9.47 Å². The van der Waals surface area contributed by atoms with Gasteiger partial charge in [-0.25, -0.2) is 14.6 Å². The number of esters is 2. The minimum atomic E-state index is -0.653. The molecule has 0 aliphatic carbocycles. The molecule has 1 aromatic heterocycles. The van der Waals surface area contributed by atoms with Crippen molar-refractivity contribution in [3.8, 4) is 17.6 Å². The van der Waals surface area contributed by atoms with Gasteiger partial charge in [0.1, 0.15) is 5.75 Å². The highest BCUT2D eigenvalue weighted by Gasteiger charge is 2.15. The van der Waals surface area contributed by atoms with E-state index in [2.05, 4.69) is 33.2 Å². The molecule has 0 aliphatic heterocycles. The third-order valence-corrected chi connectivity index (χ3v) is 4.09. The van der Waals surface area contributed by atoms with Crippen LogP contribution in [0.25, 0.3) is 0 Å². The van der Waals surface area contributed by atoms with Crippen molar-refractivity contribution >= 4 is 11.9 Å². The molecule has 0 radical (unpaired) electrons. The lowest BCUT2D eigenvalue weighted by molar-refractivity contribution is 0.0585. The summed E-state index contributed by atoms with van der Waals surface area (Å²) in [6, 6.07) is 10.4. The second kappa shape index (κ2) is 11.5. The van der Waals surface area contributed by atoms with Crippen LogP contribution in [0.5, 0.6) is 5.75 Å². The van der Waals surface area contributed by atoms with Gasteiger partial charge in [0.05, 0.1) is 20.8 Å². The Hall–Kier alpha value is -3.33. The molecule has 2 aromatic rings. The molecule has 0 saturated heterocycles. The standard InChI is InChI=1S/C23H25NO5/c1-4-5-6-7-14-29-19-12-10-17(11-13-19)8-9-18-15-20(22(25)27-2)24-21(16-18)23(26)28-3/h10-13,15-16H,4-7,14H2,1-3H3. The van der Waals surface area contributed by atoms with Gasteiger partial charge in [-0.2, -0.15) is 0 Å². The molecule has 0 fully saturated rings. The SMILES string of the molecule is CCCCCCOc1ccc(C#Cc2cc(C(=O)OC)nc(C(=O)OC)c2)cc1. The Labute approximate surface area is 171 Å². The van der Waals surface area contributed by atoms with E-state index in [4.69, 9.17) is 4.74 Å². The maximum absolute atomic E-state index is 11.8. The number of methoxy groups -OCH3 is 2. The number of rotatable bonds is 8. The molecule has 0 aliphatic rings. The number of pyridine rings is 1. The minimum absolute atomic E-state index is 0.00785. The summed E-state index contributed by atoms with van der Waals surface area (Å²) in [5, 5.41) is 0. The van der Waals surface area contributed by atoms with Gasteiger partial charge in [-0.3, -0.25) is 0 Å². The fraction of sp³-hybridized carbons (Fsp3) is 0.348. The van der Waals surface area contributed by atoms with Crippen LogP contribution in [-0.4, -0.2) is 37.7 Å². The van der Waals surface area contributed by atoms with E-state index >= 15 is 0 Å². The van der Waals surface area contributed by atoms with Crippen molar-refractivity contribution in [3.63, 3.8) is 0 Å². The first-order chi connectivity index (χ1) is 14.1. The largest absolute Gasteiger partial charge is 0.494 e. The van der Waals surface area contributed by atoms with Crippen LogP contribution in [0.3, 0.4) is 0 Å². The number of hydrogen-bond donors (Lipinski definition) is 0. The molecule has 0 unspecified atom stereocenters. The van der Waals surface area contributed by atoms with Crippen molar-refractivity contribution < 1.29 is 23.8 Å². The second-order valence-electron chi connectivity index (χ2n) is 6.29. The van der Waals surface area contributed by atoms with E-state index in [-0.39, 0.29) is 11.4 Å². The van der Waals surface area contributed by atoms with Gasteiger partial charge in [-0.05, 0) is 42.8 Å². The van der Waals surface area contributed by atoms with Crippen molar-refractivity contribution in [2.45, 2.75) is 32.6 Å². The molecule has 0 saturated carbocycles.